The third-order valence-corrected chi connectivity index (χ3v) is 4.18. The van der Waals surface area contributed by atoms with Crippen molar-refractivity contribution in [2.75, 3.05) is 13.2 Å². The number of carbonyl (C=O) groups is 1. The summed E-state index contributed by atoms with van der Waals surface area (Å²) in [4.78, 5) is 12.1. The molecule has 25 heavy (non-hydrogen) atoms. The van der Waals surface area contributed by atoms with Crippen LogP contribution in [-0.4, -0.2) is 43.2 Å². The molecule has 0 amide bonds. The van der Waals surface area contributed by atoms with Crippen molar-refractivity contribution >= 4 is 13.5 Å². The average molecular weight is 347 g/mol. The predicted molar refractivity (Wildman–Crippen MR) is 93.4 cm³/mol. The number of hydrogen-bond acceptors (Lipinski definition) is 6. The highest BCUT2D eigenvalue weighted by Crippen LogP contribution is 2.30. The summed E-state index contributed by atoms with van der Waals surface area (Å²) >= 11 is 0. The Balaban J connectivity index is 1.81. The van der Waals surface area contributed by atoms with Crippen molar-refractivity contribution in [3.05, 3.63) is 35.4 Å². The SMILES string of the molecule is C[B]OC1OCCC(CC(=O)OCCc2ccc(O)c(O)c2)/C1=C\C. The van der Waals surface area contributed by atoms with E-state index in [2.05, 4.69) is 0 Å². The normalized spacial score (nSPS) is 21.9. The summed E-state index contributed by atoms with van der Waals surface area (Å²) in [6.07, 6.45) is 3.02. The lowest BCUT2D eigenvalue weighted by Gasteiger charge is -2.32. The molecule has 2 N–H and O–H groups in total. The zero-order chi connectivity index (χ0) is 18.2. The van der Waals surface area contributed by atoms with E-state index in [1.54, 1.807) is 20.4 Å². The lowest BCUT2D eigenvalue weighted by atomic mass is 9.89. The van der Waals surface area contributed by atoms with E-state index in [0.717, 1.165) is 17.6 Å². The number of carbonyl (C=O) groups excluding carboxylic acids is 1. The highest BCUT2D eigenvalue weighted by atomic mass is 16.7. The fourth-order valence-electron chi connectivity index (χ4n) is 2.87. The van der Waals surface area contributed by atoms with Gasteiger partial charge in [-0.15, -0.1) is 0 Å². The zero-order valence-electron chi connectivity index (χ0n) is 14.6. The number of ether oxygens (including phenoxy) is 2. The standard InChI is InChI=1S/C18H24BO6/c1-3-14-13(7-9-24-18(14)25-19-2)11-17(22)23-8-6-12-4-5-15(20)16(21)10-12/h3-5,10,13,18,20-21H,6-9,11H2,1-2H3/b14-3+. The second kappa shape index (κ2) is 9.49. The van der Waals surface area contributed by atoms with Gasteiger partial charge in [-0.25, -0.2) is 0 Å². The molecule has 0 spiro atoms. The highest BCUT2D eigenvalue weighted by Gasteiger charge is 2.29. The van der Waals surface area contributed by atoms with Crippen molar-refractivity contribution in [2.24, 2.45) is 5.92 Å². The minimum Gasteiger partial charge on any atom is -0.504 e. The fourth-order valence-corrected chi connectivity index (χ4v) is 2.87. The first-order chi connectivity index (χ1) is 12.0. The Bertz CT molecular complexity index is 614. The van der Waals surface area contributed by atoms with E-state index in [4.69, 9.17) is 14.1 Å². The predicted octanol–water partition coefficient (Wildman–Crippen LogP) is 2.57. The third-order valence-electron chi connectivity index (χ3n) is 4.18. The van der Waals surface area contributed by atoms with Crippen LogP contribution in [0.15, 0.2) is 29.8 Å². The van der Waals surface area contributed by atoms with E-state index in [9.17, 15) is 15.0 Å². The minimum absolute atomic E-state index is 0.0499. The Morgan fingerprint density at radius 2 is 2.20 bits per heavy atom. The van der Waals surface area contributed by atoms with E-state index in [0.29, 0.717) is 13.0 Å². The van der Waals surface area contributed by atoms with E-state index < -0.39 is 6.29 Å². The van der Waals surface area contributed by atoms with Crippen molar-refractivity contribution in [2.45, 2.75) is 39.3 Å². The molecule has 1 aromatic rings. The summed E-state index contributed by atoms with van der Waals surface area (Å²) in [5, 5.41) is 18.7. The number of benzene rings is 1. The number of aromatic hydroxyl groups is 2. The summed E-state index contributed by atoms with van der Waals surface area (Å²) in [6.45, 7) is 4.46. The van der Waals surface area contributed by atoms with Crippen LogP contribution in [0.3, 0.4) is 0 Å². The van der Waals surface area contributed by atoms with Crippen LogP contribution < -0.4 is 0 Å². The van der Waals surface area contributed by atoms with Gasteiger partial charge in [0.15, 0.2) is 17.8 Å². The van der Waals surface area contributed by atoms with Crippen molar-refractivity contribution in [3.63, 3.8) is 0 Å². The van der Waals surface area contributed by atoms with Crippen molar-refractivity contribution in [1.82, 2.24) is 0 Å². The lowest BCUT2D eigenvalue weighted by Crippen LogP contribution is -2.33. The average Bonchev–Trinajstić information content (AvgIpc) is 2.58. The van der Waals surface area contributed by atoms with Gasteiger partial charge in [0.05, 0.1) is 19.6 Å². The highest BCUT2D eigenvalue weighted by molar-refractivity contribution is 6.24. The Hall–Kier alpha value is -1.99. The number of phenols is 2. The van der Waals surface area contributed by atoms with Gasteiger partial charge in [0, 0.05) is 6.42 Å². The smallest absolute Gasteiger partial charge is 0.306 e. The molecule has 1 fully saturated rings. The molecule has 2 atom stereocenters. The molecule has 0 aliphatic carbocycles. The van der Waals surface area contributed by atoms with E-state index >= 15 is 0 Å². The summed E-state index contributed by atoms with van der Waals surface area (Å²) in [5.41, 5.74) is 1.75. The summed E-state index contributed by atoms with van der Waals surface area (Å²) in [6, 6.07) is 4.56. The van der Waals surface area contributed by atoms with E-state index in [1.165, 1.54) is 12.1 Å². The monoisotopic (exact) mass is 347 g/mol. The Labute approximate surface area is 148 Å². The Kier molecular flexibility index (Phi) is 7.34. The molecule has 1 aliphatic rings. The van der Waals surface area contributed by atoms with Gasteiger partial charge < -0.3 is 24.3 Å². The molecule has 2 rings (SSSR count). The van der Waals surface area contributed by atoms with Crippen molar-refractivity contribution in [3.8, 4) is 11.5 Å². The molecule has 7 heteroatoms. The van der Waals surface area contributed by atoms with Crippen LogP contribution in [0, 0.1) is 5.92 Å². The molecule has 1 radical (unpaired) electrons. The van der Waals surface area contributed by atoms with Gasteiger partial charge in [0.1, 0.15) is 0 Å². The molecular formula is C18H24BO6. The van der Waals surface area contributed by atoms with Gasteiger partial charge in [-0.1, -0.05) is 19.0 Å². The molecule has 1 aromatic carbocycles. The van der Waals surface area contributed by atoms with Crippen molar-refractivity contribution in [1.29, 1.82) is 0 Å². The summed E-state index contributed by atoms with van der Waals surface area (Å²) in [7, 11) is 1.59. The van der Waals surface area contributed by atoms with Crippen LogP contribution in [0.2, 0.25) is 6.82 Å². The largest absolute Gasteiger partial charge is 0.504 e. The molecule has 1 heterocycles. The molecule has 6 nitrogen and oxygen atoms in total. The van der Waals surface area contributed by atoms with Crippen LogP contribution in [0.4, 0.5) is 0 Å². The van der Waals surface area contributed by atoms with Crippen molar-refractivity contribution < 1.29 is 29.1 Å². The van der Waals surface area contributed by atoms with Crippen LogP contribution in [0.5, 0.6) is 11.5 Å². The van der Waals surface area contributed by atoms with Gasteiger partial charge in [0.25, 0.3) is 7.48 Å². The number of esters is 1. The lowest BCUT2D eigenvalue weighted by molar-refractivity contribution is -0.146. The second-order valence-corrected chi connectivity index (χ2v) is 5.85. The molecule has 135 valence electrons. The first kappa shape index (κ1) is 19.3. The zero-order valence-corrected chi connectivity index (χ0v) is 14.6. The quantitative estimate of drug-likeness (QED) is 0.341. The molecule has 1 aliphatic heterocycles. The molecule has 0 saturated carbocycles. The third kappa shape index (κ3) is 5.51. The topological polar surface area (TPSA) is 85.2 Å². The van der Waals surface area contributed by atoms with Gasteiger partial charge >= 0.3 is 5.97 Å². The first-order valence-electron chi connectivity index (χ1n) is 8.42. The summed E-state index contributed by atoms with van der Waals surface area (Å²) < 4.78 is 16.3. The maximum atomic E-state index is 12.1. The van der Waals surface area contributed by atoms with Gasteiger partial charge in [-0.3, -0.25) is 4.79 Å². The summed E-state index contributed by atoms with van der Waals surface area (Å²) in [5.74, 6) is -0.565. The Morgan fingerprint density at radius 1 is 1.40 bits per heavy atom. The van der Waals surface area contributed by atoms with Crippen LogP contribution in [-0.2, 0) is 25.3 Å². The van der Waals surface area contributed by atoms with Gasteiger partial charge in [-0.05, 0) is 42.5 Å². The number of phenolic OH excluding ortho intramolecular Hbond substituents is 2. The number of allylic oxidation sites excluding steroid dienone is 1. The molecule has 0 aromatic heterocycles. The van der Waals surface area contributed by atoms with E-state index in [1.807, 2.05) is 13.0 Å². The molecule has 0 bridgehead atoms. The number of hydrogen-bond donors (Lipinski definition) is 2. The molecule has 2 unspecified atom stereocenters. The Morgan fingerprint density at radius 3 is 2.88 bits per heavy atom. The van der Waals surface area contributed by atoms with Crippen LogP contribution in [0.25, 0.3) is 0 Å². The first-order valence-corrected chi connectivity index (χ1v) is 8.42. The van der Waals surface area contributed by atoms with Gasteiger partial charge in [-0.2, -0.15) is 0 Å². The minimum atomic E-state index is -0.429. The van der Waals surface area contributed by atoms with E-state index in [-0.39, 0.29) is 36.4 Å². The van der Waals surface area contributed by atoms with Gasteiger partial charge in [0.2, 0.25) is 0 Å². The molecular weight excluding hydrogens is 323 g/mol. The number of rotatable bonds is 7. The van der Waals surface area contributed by atoms with Crippen LogP contribution in [0.1, 0.15) is 25.3 Å². The second-order valence-electron chi connectivity index (χ2n) is 5.85. The fraction of sp³-hybridized carbons (Fsp3) is 0.500. The maximum absolute atomic E-state index is 12.1. The molecule has 1 saturated heterocycles. The van der Waals surface area contributed by atoms with Crippen LogP contribution >= 0.6 is 0 Å². The maximum Gasteiger partial charge on any atom is 0.306 e.